The number of unbranched alkanes of at least 4 members (excludes halogenated alkanes) is 1. The summed E-state index contributed by atoms with van der Waals surface area (Å²) in [6.07, 6.45) is 3.91. The van der Waals surface area contributed by atoms with Crippen molar-refractivity contribution in [3.63, 3.8) is 0 Å². The van der Waals surface area contributed by atoms with Crippen molar-refractivity contribution in [3.05, 3.63) is 46.4 Å². The molecule has 0 saturated carbocycles. The minimum absolute atomic E-state index is 0.535. The number of ether oxygens (including phenoxy) is 2. The van der Waals surface area contributed by atoms with Crippen molar-refractivity contribution < 1.29 is 9.47 Å². The summed E-state index contributed by atoms with van der Waals surface area (Å²) < 4.78 is 11.4. The summed E-state index contributed by atoms with van der Waals surface area (Å²) in [6.45, 7) is 6.33. The fourth-order valence-electron chi connectivity index (χ4n) is 3.65. The van der Waals surface area contributed by atoms with Crippen molar-refractivity contribution in [3.8, 4) is 11.5 Å². The minimum Gasteiger partial charge on any atom is -0.494 e. The van der Waals surface area contributed by atoms with E-state index in [9.17, 15) is 0 Å². The van der Waals surface area contributed by atoms with E-state index >= 15 is 0 Å². The molecule has 1 fully saturated rings. The quantitative estimate of drug-likeness (QED) is 0.571. The van der Waals surface area contributed by atoms with Gasteiger partial charge in [-0.05, 0) is 43.7 Å². The average Bonchev–Trinajstić information content (AvgIpc) is 2.76. The summed E-state index contributed by atoms with van der Waals surface area (Å²) in [7, 11) is 0. The van der Waals surface area contributed by atoms with Gasteiger partial charge in [0.05, 0.1) is 22.3 Å². The molecule has 0 atom stereocenters. The number of hydrogen-bond acceptors (Lipinski definition) is 5. The zero-order valence-electron chi connectivity index (χ0n) is 16.3. The Bertz CT molecular complexity index is 867. The van der Waals surface area contributed by atoms with Gasteiger partial charge >= 0.3 is 0 Å². The molecule has 0 aliphatic carbocycles. The number of anilines is 1. The Labute approximate surface area is 181 Å². The van der Waals surface area contributed by atoms with Crippen LogP contribution in [0.5, 0.6) is 11.5 Å². The first-order chi connectivity index (χ1) is 14.2. The average molecular weight is 434 g/mol. The number of fused-ring (bicyclic) bond motifs is 1. The monoisotopic (exact) mass is 433 g/mol. The van der Waals surface area contributed by atoms with Crippen LogP contribution >= 0.6 is 23.2 Å². The molecular formula is C22H25Cl2N3O2. The van der Waals surface area contributed by atoms with Gasteiger partial charge in [-0.2, -0.15) is 0 Å². The molecule has 0 aromatic heterocycles. The van der Waals surface area contributed by atoms with Crippen molar-refractivity contribution >= 4 is 40.8 Å². The Morgan fingerprint density at radius 2 is 1.90 bits per heavy atom. The number of hydrogen-bond donors (Lipinski definition) is 0. The van der Waals surface area contributed by atoms with Gasteiger partial charge in [0.1, 0.15) is 23.8 Å². The third kappa shape index (κ3) is 5.16. The molecule has 2 heterocycles. The van der Waals surface area contributed by atoms with E-state index in [1.165, 1.54) is 0 Å². The van der Waals surface area contributed by atoms with Crippen molar-refractivity contribution in [1.82, 2.24) is 4.90 Å². The molecule has 0 unspecified atom stereocenters. The van der Waals surface area contributed by atoms with Gasteiger partial charge in [-0.15, -0.1) is 0 Å². The van der Waals surface area contributed by atoms with E-state index < -0.39 is 0 Å². The Kier molecular flexibility index (Phi) is 6.80. The number of benzene rings is 2. The second kappa shape index (κ2) is 9.70. The fraction of sp³-hybridized carbons (Fsp3) is 0.409. The van der Waals surface area contributed by atoms with E-state index in [0.717, 1.165) is 68.4 Å². The number of rotatable bonds is 7. The van der Waals surface area contributed by atoms with Gasteiger partial charge in [0.2, 0.25) is 0 Å². The summed E-state index contributed by atoms with van der Waals surface area (Å²) >= 11 is 12.5. The van der Waals surface area contributed by atoms with Crippen LogP contribution < -0.4 is 14.4 Å². The largest absolute Gasteiger partial charge is 0.494 e. The highest BCUT2D eigenvalue weighted by Crippen LogP contribution is 2.34. The number of piperazine rings is 1. The Morgan fingerprint density at radius 1 is 1.03 bits per heavy atom. The van der Waals surface area contributed by atoms with Gasteiger partial charge in [-0.1, -0.05) is 29.3 Å². The Morgan fingerprint density at radius 3 is 2.76 bits per heavy atom. The van der Waals surface area contributed by atoms with Crippen LogP contribution in [0.1, 0.15) is 12.8 Å². The normalized spacial score (nSPS) is 16.4. The van der Waals surface area contributed by atoms with Crippen molar-refractivity contribution in [2.75, 3.05) is 50.8 Å². The molecule has 29 heavy (non-hydrogen) atoms. The van der Waals surface area contributed by atoms with Crippen LogP contribution in [-0.4, -0.2) is 57.1 Å². The van der Waals surface area contributed by atoms with Crippen LogP contribution in [0, 0.1) is 0 Å². The molecule has 0 bridgehead atoms. The van der Waals surface area contributed by atoms with Crippen molar-refractivity contribution in [2.24, 2.45) is 4.99 Å². The lowest BCUT2D eigenvalue weighted by molar-refractivity contribution is 0.238. The van der Waals surface area contributed by atoms with Gasteiger partial charge in [0.15, 0.2) is 0 Å². The predicted molar refractivity (Wildman–Crippen MR) is 120 cm³/mol. The van der Waals surface area contributed by atoms with Crippen molar-refractivity contribution in [2.45, 2.75) is 12.8 Å². The first-order valence-corrected chi connectivity index (χ1v) is 10.8. The topological polar surface area (TPSA) is 37.3 Å². The van der Waals surface area contributed by atoms with E-state index in [1.54, 1.807) is 6.21 Å². The molecule has 2 aromatic rings. The van der Waals surface area contributed by atoms with E-state index in [-0.39, 0.29) is 0 Å². The smallest absolute Gasteiger partial charge is 0.145 e. The summed E-state index contributed by atoms with van der Waals surface area (Å²) in [5, 5.41) is 1.27. The highest BCUT2D eigenvalue weighted by molar-refractivity contribution is 6.43. The zero-order chi connectivity index (χ0) is 20.1. The first kappa shape index (κ1) is 20.3. The third-order valence-corrected chi connectivity index (χ3v) is 6.06. The number of halogens is 2. The van der Waals surface area contributed by atoms with Crippen LogP contribution in [-0.2, 0) is 0 Å². The second-order valence-electron chi connectivity index (χ2n) is 7.21. The lowest BCUT2D eigenvalue weighted by Crippen LogP contribution is -2.46. The van der Waals surface area contributed by atoms with Gasteiger partial charge in [0, 0.05) is 38.5 Å². The van der Waals surface area contributed by atoms with E-state index in [4.69, 9.17) is 32.7 Å². The Hall–Kier alpha value is -1.95. The molecule has 154 valence electrons. The van der Waals surface area contributed by atoms with E-state index in [1.807, 2.05) is 36.4 Å². The molecule has 2 aliphatic rings. The molecule has 0 N–H and O–H groups in total. The van der Waals surface area contributed by atoms with Crippen LogP contribution in [0.3, 0.4) is 0 Å². The Balaban J connectivity index is 1.15. The highest BCUT2D eigenvalue weighted by atomic mass is 35.5. The molecule has 2 aromatic carbocycles. The van der Waals surface area contributed by atoms with E-state index in [2.05, 4.69) is 14.8 Å². The maximum Gasteiger partial charge on any atom is 0.145 e. The summed E-state index contributed by atoms with van der Waals surface area (Å²) in [5.74, 6) is 1.66. The predicted octanol–water partition coefficient (Wildman–Crippen LogP) is 5.07. The summed E-state index contributed by atoms with van der Waals surface area (Å²) in [6, 6.07) is 11.6. The molecule has 0 spiro atoms. The van der Waals surface area contributed by atoms with Gasteiger partial charge in [-0.3, -0.25) is 9.89 Å². The first-order valence-electron chi connectivity index (χ1n) is 10.0. The molecule has 0 amide bonds. The highest BCUT2D eigenvalue weighted by Gasteiger charge is 2.19. The number of nitrogens with zero attached hydrogens (tertiary/aromatic N) is 3. The summed E-state index contributed by atoms with van der Waals surface area (Å²) in [5.41, 5.74) is 1.87. The molecule has 5 nitrogen and oxygen atoms in total. The van der Waals surface area contributed by atoms with E-state index in [0.29, 0.717) is 23.3 Å². The fourth-order valence-corrected chi connectivity index (χ4v) is 4.06. The lowest BCUT2D eigenvalue weighted by Gasteiger charge is -2.36. The standard InChI is InChI=1S/C22H25Cl2N3O2/c23-18-4-3-5-20(22(18)24)27-12-10-26(11-13-27)9-1-2-14-28-17-6-7-21-19(16-17)25-8-15-29-21/h3-8,16H,1-2,9-15H2. The molecule has 0 radical (unpaired) electrons. The van der Waals surface area contributed by atoms with Gasteiger partial charge < -0.3 is 14.4 Å². The molecular weight excluding hydrogens is 409 g/mol. The molecule has 7 heteroatoms. The van der Waals surface area contributed by atoms with Crippen LogP contribution in [0.25, 0.3) is 0 Å². The number of aliphatic imine (C=N–C) groups is 1. The van der Waals surface area contributed by atoms with Crippen molar-refractivity contribution in [1.29, 1.82) is 0 Å². The zero-order valence-corrected chi connectivity index (χ0v) is 17.8. The minimum atomic E-state index is 0.535. The van der Waals surface area contributed by atoms with Crippen LogP contribution in [0.15, 0.2) is 41.4 Å². The van der Waals surface area contributed by atoms with Gasteiger partial charge in [-0.25, -0.2) is 0 Å². The third-order valence-electron chi connectivity index (χ3n) is 5.26. The molecule has 2 aliphatic heterocycles. The van der Waals surface area contributed by atoms with Crippen LogP contribution in [0.2, 0.25) is 10.0 Å². The van der Waals surface area contributed by atoms with Crippen LogP contribution in [0.4, 0.5) is 11.4 Å². The maximum atomic E-state index is 6.36. The summed E-state index contributed by atoms with van der Waals surface area (Å²) in [4.78, 5) is 9.16. The SMILES string of the molecule is Clc1cccc(N2CCN(CCCCOc3ccc4c(c3)N=CCO4)CC2)c1Cl. The lowest BCUT2D eigenvalue weighted by atomic mass is 10.2. The maximum absolute atomic E-state index is 6.36. The second-order valence-corrected chi connectivity index (χ2v) is 7.99. The van der Waals surface area contributed by atoms with Gasteiger partial charge in [0.25, 0.3) is 0 Å². The molecule has 4 rings (SSSR count). The molecule has 1 saturated heterocycles.